The van der Waals surface area contributed by atoms with Crippen LogP contribution in [-0.4, -0.2) is 20.3 Å². The topological polar surface area (TPSA) is 96.8 Å². The maximum absolute atomic E-state index is 12.8. The molecule has 1 aromatic heterocycles. The number of para-hydroxylation sites is 1. The number of carbonyl (C=O) groups excluding carboxylic acids is 1. The molecule has 0 radical (unpaired) electrons. The zero-order chi connectivity index (χ0) is 20.5. The van der Waals surface area contributed by atoms with Crippen LogP contribution in [0.1, 0.15) is 5.76 Å². The van der Waals surface area contributed by atoms with Crippen LogP contribution in [0.4, 0.5) is 11.4 Å². The number of anilines is 1. The van der Waals surface area contributed by atoms with Crippen LogP contribution in [0.2, 0.25) is 0 Å². The summed E-state index contributed by atoms with van der Waals surface area (Å²) in [4.78, 5) is 25.2. The number of rotatable bonds is 4. The van der Waals surface area contributed by atoms with Crippen LogP contribution in [-0.2, 0) is 4.79 Å². The molecule has 144 valence electrons. The Balaban J connectivity index is 1.64. The summed E-state index contributed by atoms with van der Waals surface area (Å²) in [6, 6.07) is 15.8. The lowest BCUT2D eigenvalue weighted by atomic mass is 10.1. The molecule has 0 spiro atoms. The number of nitrogens with zero attached hydrogens (tertiary/aromatic N) is 2. The Morgan fingerprint density at radius 2 is 1.93 bits per heavy atom. The van der Waals surface area contributed by atoms with Crippen LogP contribution in [0.25, 0.3) is 17.4 Å². The molecular weight excluding hydrogens is 412 g/mol. The quantitative estimate of drug-likeness (QED) is 0.273. The number of carbonyl (C=O) groups is 1. The highest BCUT2D eigenvalue weighted by Crippen LogP contribution is 2.38. The molecule has 1 amide bonds. The second kappa shape index (κ2) is 7.53. The van der Waals surface area contributed by atoms with E-state index in [0.29, 0.717) is 32.0 Å². The van der Waals surface area contributed by atoms with Gasteiger partial charge in [-0.1, -0.05) is 42.2 Å². The fourth-order valence-corrected chi connectivity index (χ4v) is 4.15. The lowest BCUT2D eigenvalue weighted by molar-refractivity contribution is -0.384. The smallest absolute Gasteiger partial charge is 0.280 e. The highest BCUT2D eigenvalue weighted by Gasteiger charge is 2.33. The first-order valence-electron chi connectivity index (χ1n) is 8.34. The van der Waals surface area contributed by atoms with E-state index in [1.54, 1.807) is 48.5 Å². The minimum absolute atomic E-state index is 0.0284. The van der Waals surface area contributed by atoms with E-state index in [4.69, 9.17) is 16.6 Å². The molecule has 1 N–H and O–H groups in total. The van der Waals surface area contributed by atoms with Gasteiger partial charge in [-0.25, -0.2) is 0 Å². The number of phenolic OH excluding ortho intramolecular Hbond substituents is 1. The van der Waals surface area contributed by atoms with Crippen LogP contribution >= 0.6 is 24.0 Å². The van der Waals surface area contributed by atoms with Gasteiger partial charge < -0.3 is 9.52 Å². The van der Waals surface area contributed by atoms with Crippen molar-refractivity contribution < 1.29 is 19.2 Å². The molecule has 0 aliphatic carbocycles. The molecule has 0 atom stereocenters. The van der Waals surface area contributed by atoms with Crippen LogP contribution in [0.15, 0.2) is 70.0 Å². The molecule has 1 fully saturated rings. The van der Waals surface area contributed by atoms with Crippen molar-refractivity contribution in [1.29, 1.82) is 0 Å². The largest absolute Gasteiger partial charge is 0.508 e. The van der Waals surface area contributed by atoms with Crippen molar-refractivity contribution in [3.63, 3.8) is 0 Å². The fourth-order valence-electron chi connectivity index (χ4n) is 2.87. The molecule has 2 heterocycles. The van der Waals surface area contributed by atoms with Gasteiger partial charge in [-0.05, 0) is 30.3 Å². The highest BCUT2D eigenvalue weighted by molar-refractivity contribution is 8.27. The molecule has 2 aromatic carbocycles. The van der Waals surface area contributed by atoms with Crippen molar-refractivity contribution in [1.82, 2.24) is 0 Å². The molecule has 1 aliphatic heterocycles. The molecule has 1 saturated heterocycles. The number of aromatic hydroxyl groups is 1. The van der Waals surface area contributed by atoms with E-state index in [2.05, 4.69) is 0 Å². The van der Waals surface area contributed by atoms with Gasteiger partial charge in [0.05, 0.1) is 21.1 Å². The van der Waals surface area contributed by atoms with Crippen LogP contribution in [0.3, 0.4) is 0 Å². The summed E-state index contributed by atoms with van der Waals surface area (Å²) in [6.45, 7) is 0. The number of nitro benzene ring substituents is 1. The SMILES string of the molecule is O=C1C(=Cc2ccc(-c3ccccc3[N+](=O)[O-])o2)SC(=S)N1c1cccc(O)c1. The Hall–Kier alpha value is -3.43. The van der Waals surface area contributed by atoms with Crippen molar-refractivity contribution >= 4 is 51.7 Å². The first kappa shape index (κ1) is 18.9. The number of nitro groups is 1. The van der Waals surface area contributed by atoms with Gasteiger partial charge in [0.2, 0.25) is 0 Å². The monoisotopic (exact) mass is 424 g/mol. The molecule has 0 saturated carbocycles. The molecule has 0 bridgehead atoms. The molecule has 4 rings (SSSR count). The third-order valence-corrected chi connectivity index (χ3v) is 5.45. The Labute approximate surface area is 174 Å². The van der Waals surface area contributed by atoms with Crippen molar-refractivity contribution in [2.45, 2.75) is 0 Å². The van der Waals surface area contributed by atoms with E-state index in [1.165, 1.54) is 23.1 Å². The van der Waals surface area contributed by atoms with Crippen LogP contribution in [0, 0.1) is 10.1 Å². The van der Waals surface area contributed by atoms with Gasteiger partial charge in [0, 0.05) is 18.2 Å². The van der Waals surface area contributed by atoms with E-state index in [9.17, 15) is 20.0 Å². The van der Waals surface area contributed by atoms with Gasteiger partial charge in [0.15, 0.2) is 4.32 Å². The molecule has 3 aromatic rings. The Kier molecular flexibility index (Phi) is 4.91. The lowest BCUT2D eigenvalue weighted by Gasteiger charge is -2.14. The summed E-state index contributed by atoms with van der Waals surface area (Å²) >= 11 is 6.41. The Morgan fingerprint density at radius 1 is 1.14 bits per heavy atom. The average Bonchev–Trinajstić information content (AvgIpc) is 3.26. The van der Waals surface area contributed by atoms with Gasteiger partial charge in [-0.3, -0.25) is 19.8 Å². The van der Waals surface area contributed by atoms with Gasteiger partial charge in [-0.15, -0.1) is 0 Å². The predicted octanol–water partition coefficient (Wildman–Crippen LogP) is 4.97. The Bertz CT molecular complexity index is 1180. The first-order valence-corrected chi connectivity index (χ1v) is 9.57. The number of phenols is 1. The maximum atomic E-state index is 12.8. The second-order valence-electron chi connectivity index (χ2n) is 6.01. The molecule has 29 heavy (non-hydrogen) atoms. The molecule has 0 unspecified atom stereocenters. The molecular formula is C20H12N2O5S2. The van der Waals surface area contributed by atoms with E-state index >= 15 is 0 Å². The van der Waals surface area contributed by atoms with E-state index < -0.39 is 4.92 Å². The van der Waals surface area contributed by atoms with Crippen LogP contribution < -0.4 is 4.90 Å². The first-order chi connectivity index (χ1) is 13.9. The molecule has 7 nitrogen and oxygen atoms in total. The minimum Gasteiger partial charge on any atom is -0.508 e. The van der Waals surface area contributed by atoms with E-state index in [1.807, 2.05) is 0 Å². The summed E-state index contributed by atoms with van der Waals surface area (Å²) in [5, 5.41) is 20.9. The Morgan fingerprint density at radius 3 is 2.69 bits per heavy atom. The summed E-state index contributed by atoms with van der Waals surface area (Å²) < 4.78 is 6.05. The third kappa shape index (κ3) is 3.65. The summed E-state index contributed by atoms with van der Waals surface area (Å²) in [5.41, 5.74) is 0.754. The summed E-state index contributed by atoms with van der Waals surface area (Å²) in [7, 11) is 0. The van der Waals surface area contributed by atoms with Gasteiger partial charge in [0.1, 0.15) is 17.3 Å². The standard InChI is InChI=1S/C20H12N2O5S2/c23-13-5-3-4-12(10-13)21-19(24)18(29-20(21)28)11-14-8-9-17(27-14)15-6-1-2-7-16(15)22(25)26/h1-11,23H. The van der Waals surface area contributed by atoms with E-state index in [0.717, 1.165) is 11.8 Å². The number of benzene rings is 2. The number of amides is 1. The number of hydrogen-bond acceptors (Lipinski definition) is 7. The molecule has 9 heteroatoms. The zero-order valence-corrected chi connectivity index (χ0v) is 16.3. The summed E-state index contributed by atoms with van der Waals surface area (Å²) in [6.07, 6.45) is 1.54. The number of furan rings is 1. The van der Waals surface area contributed by atoms with Gasteiger partial charge in [0.25, 0.3) is 11.6 Å². The predicted molar refractivity (Wildman–Crippen MR) is 115 cm³/mol. The van der Waals surface area contributed by atoms with Gasteiger partial charge >= 0.3 is 0 Å². The average molecular weight is 424 g/mol. The third-order valence-electron chi connectivity index (χ3n) is 4.15. The van der Waals surface area contributed by atoms with Crippen molar-refractivity contribution in [2.75, 3.05) is 4.90 Å². The summed E-state index contributed by atoms with van der Waals surface area (Å²) in [5.74, 6) is 0.386. The van der Waals surface area contributed by atoms with Gasteiger partial charge in [-0.2, -0.15) is 0 Å². The van der Waals surface area contributed by atoms with Crippen molar-refractivity contribution in [3.05, 3.63) is 81.4 Å². The fraction of sp³-hybridized carbons (Fsp3) is 0. The van der Waals surface area contributed by atoms with Crippen molar-refractivity contribution in [3.8, 4) is 17.1 Å². The number of thioether (sulfide) groups is 1. The normalized spacial score (nSPS) is 15.3. The van der Waals surface area contributed by atoms with Crippen LogP contribution in [0.5, 0.6) is 5.75 Å². The lowest BCUT2D eigenvalue weighted by Crippen LogP contribution is -2.27. The maximum Gasteiger partial charge on any atom is 0.280 e. The molecule has 1 aliphatic rings. The second-order valence-corrected chi connectivity index (χ2v) is 7.69. The highest BCUT2D eigenvalue weighted by atomic mass is 32.2. The zero-order valence-electron chi connectivity index (χ0n) is 14.6. The number of hydrogen-bond donors (Lipinski definition) is 1. The number of thiocarbonyl (C=S) groups is 1. The minimum atomic E-state index is -0.474. The van der Waals surface area contributed by atoms with E-state index in [-0.39, 0.29) is 17.3 Å². The van der Waals surface area contributed by atoms with Crippen molar-refractivity contribution in [2.24, 2.45) is 0 Å².